The number of carbonyl (C=O) groups is 2. The zero-order valence-corrected chi connectivity index (χ0v) is 15.3. The van der Waals surface area contributed by atoms with Crippen LogP contribution in [0.15, 0.2) is 24.3 Å². The molecule has 2 rings (SSSR count). The molecule has 2 N–H and O–H groups in total. The van der Waals surface area contributed by atoms with Crippen LogP contribution in [-0.2, 0) is 20.7 Å². The summed E-state index contributed by atoms with van der Waals surface area (Å²) < 4.78 is 4.84. The van der Waals surface area contributed by atoms with Gasteiger partial charge in [-0.25, -0.2) is 4.79 Å². The summed E-state index contributed by atoms with van der Waals surface area (Å²) in [5, 5.41) is 12.2. The fourth-order valence-electron chi connectivity index (χ4n) is 3.54. The number of methoxy groups -OCH3 is 1. The van der Waals surface area contributed by atoms with E-state index in [2.05, 4.69) is 19.2 Å². The first-order valence-corrected chi connectivity index (χ1v) is 9.06. The molecule has 5 heteroatoms. The van der Waals surface area contributed by atoms with E-state index >= 15 is 0 Å². The SMILES string of the molecule is COC(=O)C(Cc1ccc(O)cc1)NC(=O)[C@H]1CC[C@H](C(C)C)CC1. The van der Waals surface area contributed by atoms with E-state index in [0.29, 0.717) is 18.3 Å². The van der Waals surface area contributed by atoms with Gasteiger partial charge in [0.25, 0.3) is 0 Å². The highest BCUT2D eigenvalue weighted by molar-refractivity contribution is 5.86. The first-order chi connectivity index (χ1) is 11.9. The second-order valence-corrected chi connectivity index (χ2v) is 7.31. The van der Waals surface area contributed by atoms with Crippen LogP contribution in [0.1, 0.15) is 45.1 Å². The van der Waals surface area contributed by atoms with E-state index in [1.54, 1.807) is 24.3 Å². The van der Waals surface area contributed by atoms with Crippen LogP contribution in [-0.4, -0.2) is 30.1 Å². The molecule has 1 fully saturated rings. The maximum absolute atomic E-state index is 12.6. The van der Waals surface area contributed by atoms with E-state index in [4.69, 9.17) is 4.74 Å². The molecule has 1 aromatic carbocycles. The van der Waals surface area contributed by atoms with E-state index in [1.807, 2.05) is 0 Å². The van der Waals surface area contributed by atoms with Crippen LogP contribution in [0.2, 0.25) is 0 Å². The molecular formula is C20H29NO4. The Morgan fingerprint density at radius 2 is 1.76 bits per heavy atom. The van der Waals surface area contributed by atoms with Gasteiger partial charge in [0.15, 0.2) is 0 Å². The minimum Gasteiger partial charge on any atom is -0.508 e. The van der Waals surface area contributed by atoms with Crippen molar-refractivity contribution in [2.75, 3.05) is 7.11 Å². The Labute approximate surface area is 149 Å². The number of nitrogens with one attached hydrogen (secondary N) is 1. The van der Waals surface area contributed by atoms with Gasteiger partial charge in [-0.15, -0.1) is 0 Å². The highest BCUT2D eigenvalue weighted by atomic mass is 16.5. The van der Waals surface area contributed by atoms with Gasteiger partial charge in [-0.1, -0.05) is 26.0 Å². The quantitative estimate of drug-likeness (QED) is 0.776. The summed E-state index contributed by atoms with van der Waals surface area (Å²) in [5.74, 6) is 0.985. The lowest BCUT2D eigenvalue weighted by Gasteiger charge is -2.31. The molecule has 1 saturated carbocycles. The van der Waals surface area contributed by atoms with E-state index in [0.717, 1.165) is 31.2 Å². The largest absolute Gasteiger partial charge is 0.508 e. The van der Waals surface area contributed by atoms with Crippen molar-refractivity contribution in [3.8, 4) is 5.75 Å². The van der Waals surface area contributed by atoms with Gasteiger partial charge in [-0.2, -0.15) is 0 Å². The second-order valence-electron chi connectivity index (χ2n) is 7.31. The Morgan fingerprint density at radius 3 is 2.28 bits per heavy atom. The molecule has 0 heterocycles. The van der Waals surface area contributed by atoms with E-state index in [9.17, 15) is 14.7 Å². The standard InChI is InChI=1S/C20H29NO4/c1-13(2)15-6-8-16(9-7-15)19(23)21-18(20(24)25-3)12-14-4-10-17(22)11-5-14/h4-5,10-11,13,15-16,18,22H,6-9,12H2,1-3H3,(H,21,23)/t15-,16-,18?. The number of aromatic hydroxyl groups is 1. The highest BCUT2D eigenvalue weighted by Crippen LogP contribution is 2.33. The lowest BCUT2D eigenvalue weighted by atomic mass is 9.76. The number of carbonyl (C=O) groups excluding carboxylic acids is 2. The Hall–Kier alpha value is -2.04. The first kappa shape index (κ1) is 19.3. The van der Waals surface area contributed by atoms with Crippen molar-refractivity contribution >= 4 is 11.9 Å². The van der Waals surface area contributed by atoms with E-state index in [1.165, 1.54) is 7.11 Å². The zero-order valence-electron chi connectivity index (χ0n) is 15.3. The van der Waals surface area contributed by atoms with Gasteiger partial charge in [0.1, 0.15) is 11.8 Å². The number of hydrogen-bond acceptors (Lipinski definition) is 4. The fraction of sp³-hybridized carbons (Fsp3) is 0.600. The minimum atomic E-state index is -0.704. The van der Waals surface area contributed by atoms with Crippen molar-refractivity contribution in [3.05, 3.63) is 29.8 Å². The third-order valence-electron chi connectivity index (χ3n) is 5.26. The van der Waals surface area contributed by atoms with Crippen molar-refractivity contribution in [3.63, 3.8) is 0 Å². The van der Waals surface area contributed by atoms with Crippen molar-refractivity contribution in [2.45, 2.75) is 52.0 Å². The Bertz CT molecular complexity index is 574. The van der Waals surface area contributed by atoms with Crippen molar-refractivity contribution < 1.29 is 19.4 Å². The third-order valence-corrected chi connectivity index (χ3v) is 5.26. The molecule has 1 amide bonds. The smallest absolute Gasteiger partial charge is 0.328 e. The minimum absolute atomic E-state index is 0.0260. The molecule has 1 aromatic rings. The molecule has 0 spiro atoms. The number of ether oxygens (including phenoxy) is 1. The highest BCUT2D eigenvalue weighted by Gasteiger charge is 2.30. The van der Waals surface area contributed by atoms with Crippen LogP contribution in [0.5, 0.6) is 5.75 Å². The number of amides is 1. The summed E-state index contributed by atoms with van der Waals surface area (Å²) in [4.78, 5) is 24.6. The van der Waals surface area contributed by atoms with Gasteiger partial charge >= 0.3 is 5.97 Å². The van der Waals surface area contributed by atoms with Gasteiger partial charge in [-0.05, 0) is 55.2 Å². The van der Waals surface area contributed by atoms with Gasteiger partial charge in [0.2, 0.25) is 5.91 Å². The predicted octanol–water partition coefficient (Wildman–Crippen LogP) is 3.05. The molecule has 0 saturated heterocycles. The molecule has 5 nitrogen and oxygen atoms in total. The number of benzene rings is 1. The maximum atomic E-state index is 12.6. The van der Waals surface area contributed by atoms with Gasteiger partial charge in [0, 0.05) is 12.3 Å². The monoisotopic (exact) mass is 347 g/mol. The van der Waals surface area contributed by atoms with Crippen LogP contribution in [0.3, 0.4) is 0 Å². The van der Waals surface area contributed by atoms with Crippen LogP contribution in [0.4, 0.5) is 0 Å². The van der Waals surface area contributed by atoms with Crippen LogP contribution in [0.25, 0.3) is 0 Å². The van der Waals surface area contributed by atoms with E-state index < -0.39 is 12.0 Å². The molecular weight excluding hydrogens is 318 g/mol. The summed E-state index contributed by atoms with van der Waals surface area (Å²) in [5.41, 5.74) is 0.858. The number of rotatable bonds is 6. The molecule has 138 valence electrons. The number of hydrogen-bond donors (Lipinski definition) is 2. The van der Waals surface area contributed by atoms with Crippen molar-refractivity contribution in [2.24, 2.45) is 17.8 Å². The number of phenols is 1. The fourth-order valence-corrected chi connectivity index (χ4v) is 3.54. The molecule has 0 bridgehead atoms. The molecule has 0 aliphatic heterocycles. The van der Waals surface area contributed by atoms with Crippen molar-refractivity contribution in [1.82, 2.24) is 5.32 Å². The summed E-state index contributed by atoms with van der Waals surface area (Å²) >= 11 is 0. The van der Waals surface area contributed by atoms with Gasteiger partial charge in [-0.3, -0.25) is 4.79 Å². The predicted molar refractivity (Wildman–Crippen MR) is 96.0 cm³/mol. The topological polar surface area (TPSA) is 75.6 Å². The maximum Gasteiger partial charge on any atom is 0.328 e. The zero-order chi connectivity index (χ0) is 18.4. The second kappa shape index (κ2) is 8.88. The molecule has 0 aromatic heterocycles. The average molecular weight is 347 g/mol. The number of esters is 1. The Balaban J connectivity index is 1.96. The lowest BCUT2D eigenvalue weighted by Crippen LogP contribution is -2.46. The Kier molecular flexibility index (Phi) is 6.85. The average Bonchev–Trinajstić information content (AvgIpc) is 2.62. The molecule has 1 aliphatic rings. The van der Waals surface area contributed by atoms with E-state index in [-0.39, 0.29) is 17.6 Å². The number of phenolic OH excluding ortho intramolecular Hbond substituents is 1. The molecule has 1 unspecified atom stereocenters. The summed E-state index contributed by atoms with van der Waals surface area (Å²) in [7, 11) is 1.33. The Morgan fingerprint density at radius 1 is 1.16 bits per heavy atom. The molecule has 25 heavy (non-hydrogen) atoms. The van der Waals surface area contributed by atoms with Crippen LogP contribution in [0, 0.1) is 17.8 Å². The first-order valence-electron chi connectivity index (χ1n) is 9.06. The summed E-state index contributed by atoms with van der Waals surface area (Å²) in [6.45, 7) is 4.46. The third kappa shape index (κ3) is 5.48. The summed E-state index contributed by atoms with van der Waals surface area (Å²) in [6, 6.07) is 5.92. The molecule has 0 radical (unpaired) electrons. The summed E-state index contributed by atoms with van der Waals surface area (Å²) in [6.07, 6.45) is 4.23. The van der Waals surface area contributed by atoms with Gasteiger partial charge < -0.3 is 15.2 Å². The van der Waals surface area contributed by atoms with Crippen LogP contribution >= 0.6 is 0 Å². The van der Waals surface area contributed by atoms with Gasteiger partial charge in [0.05, 0.1) is 7.11 Å². The van der Waals surface area contributed by atoms with Crippen LogP contribution < -0.4 is 5.32 Å². The lowest BCUT2D eigenvalue weighted by molar-refractivity contribution is -0.145. The molecule has 1 atom stereocenters. The molecule has 1 aliphatic carbocycles. The van der Waals surface area contributed by atoms with Crippen molar-refractivity contribution in [1.29, 1.82) is 0 Å². The normalized spacial score (nSPS) is 21.6.